The predicted molar refractivity (Wildman–Crippen MR) is 353 cm³/mol. The Balaban J connectivity index is 0.000000973. The molecular weight excluding hydrogens is 1290 g/mol. The highest BCUT2D eigenvalue weighted by Crippen LogP contribution is 2.41. The van der Waals surface area contributed by atoms with Crippen molar-refractivity contribution in [3.63, 3.8) is 0 Å². The maximum atomic E-state index is 12.2. The van der Waals surface area contributed by atoms with E-state index in [1.807, 2.05) is 0 Å². The lowest BCUT2D eigenvalue weighted by atomic mass is 9.72. The Morgan fingerprint density at radius 2 is 0.816 bits per heavy atom. The van der Waals surface area contributed by atoms with Gasteiger partial charge in [-0.15, -0.1) is 10.1 Å². The average Bonchev–Trinajstić information content (AvgIpc) is 1.64. The molecule has 98 heavy (non-hydrogen) atoms. The summed E-state index contributed by atoms with van der Waals surface area (Å²) < 4.78 is 23.0. The summed E-state index contributed by atoms with van der Waals surface area (Å²) in [5, 5.41) is 44.4. The van der Waals surface area contributed by atoms with Crippen LogP contribution in [0, 0.1) is 10.8 Å². The quantitative estimate of drug-likeness (QED) is 0.0216. The van der Waals surface area contributed by atoms with Gasteiger partial charge in [-0.3, -0.25) is 62.8 Å². The van der Waals surface area contributed by atoms with Gasteiger partial charge in [0.1, 0.15) is 5.70 Å². The van der Waals surface area contributed by atoms with Crippen LogP contribution in [0.4, 0.5) is 0 Å². The number of ether oxygens (including phenoxy) is 4. The molecule has 4 aliphatic rings. The van der Waals surface area contributed by atoms with Gasteiger partial charge in [-0.2, -0.15) is 0 Å². The second kappa shape index (κ2) is 52.6. The van der Waals surface area contributed by atoms with E-state index >= 15 is 0 Å². The Hall–Kier alpha value is -7.40. The number of nitrogens with zero attached hydrogens (tertiary/aromatic N) is 6. The van der Waals surface area contributed by atoms with Gasteiger partial charge in [-0.05, 0) is 139 Å². The Labute approximate surface area is 572 Å². The van der Waals surface area contributed by atoms with E-state index in [9.17, 15) is 78.0 Å². The molecule has 4 heterocycles. The van der Waals surface area contributed by atoms with Gasteiger partial charge in [0.15, 0.2) is 0 Å². The molecule has 0 aromatic carbocycles. The molecule has 10 amide bonds. The summed E-state index contributed by atoms with van der Waals surface area (Å²) in [6.07, 6.45) is 22.6. The van der Waals surface area contributed by atoms with E-state index in [4.69, 9.17) is 28.6 Å². The molecule has 0 spiro atoms. The highest BCUT2D eigenvalue weighted by atomic mass is 16.7. The summed E-state index contributed by atoms with van der Waals surface area (Å²) in [5.74, 6) is -6.14. The number of carbonyl (C=O) groups excluding carboxylic acids is 12. The fourth-order valence-electron chi connectivity index (χ4n) is 11.2. The molecule has 554 valence electrons. The number of aliphatic hydroxyl groups is 4. The minimum absolute atomic E-state index is 0. The standard InChI is InChI=1S/C35H56N4O13.C31H46N4O9.2H2O/c40-22-4-15-35(16-5-23-41,17-6-24-49-26-20-36-19-2-1-9-33(47)51-38-29(43)11-12-30(38)44)18-7-25-50-27-21-37-28(42)8-3-10-34(48)52-39-31(45)13-14-32(39)46;1-25(35-28(40)9-10-29(35)41)30(42)33-17-24-44-22-5-14-31(11-2-19-36,12-3-20-37)13-4-21-43-23-16-32-15-6-18-34-26(38)7-8-27(34)39;;/h19,40-41H,1-18,20-27H2,(H,37,42);7-10,15,36-37H,1-6,11-14,16-24H2,(H,33,42);2*1H2. The minimum Gasteiger partial charge on any atom is -0.412 e. The summed E-state index contributed by atoms with van der Waals surface area (Å²) in [4.78, 5) is 161. The molecule has 4 aliphatic heterocycles. The van der Waals surface area contributed by atoms with Crippen molar-refractivity contribution in [3.8, 4) is 0 Å². The lowest BCUT2D eigenvalue weighted by Crippen LogP contribution is -2.38. The number of unbranched alkanes of at least 4 members (excludes halogenated alkanes) is 1. The number of imide groups is 4. The number of carbonyl (C=O) groups is 12. The fraction of sp³-hybridized carbons (Fsp3) is 0.697. The second-order valence-electron chi connectivity index (χ2n) is 23.5. The van der Waals surface area contributed by atoms with Crippen molar-refractivity contribution in [1.82, 2.24) is 30.6 Å². The Kier molecular flexibility index (Phi) is 47.6. The first-order valence-electron chi connectivity index (χ1n) is 33.5. The molecule has 32 heteroatoms. The fourth-order valence-corrected chi connectivity index (χ4v) is 11.2. The first-order valence-corrected chi connectivity index (χ1v) is 33.5. The maximum Gasteiger partial charge on any atom is 0.333 e. The topological polar surface area (TPSA) is 466 Å². The highest BCUT2D eigenvalue weighted by molar-refractivity contribution is 6.18. The minimum atomic E-state index is -0.741. The Bertz CT molecular complexity index is 2550. The predicted octanol–water partition coefficient (Wildman–Crippen LogP) is 1.26. The molecule has 0 saturated carbocycles. The molecule has 2 saturated heterocycles. The summed E-state index contributed by atoms with van der Waals surface area (Å²) in [7, 11) is 0. The van der Waals surface area contributed by atoms with Gasteiger partial charge in [-0.1, -0.05) is 6.58 Å². The van der Waals surface area contributed by atoms with Crippen LogP contribution in [-0.2, 0) is 86.2 Å². The van der Waals surface area contributed by atoms with Gasteiger partial charge in [0, 0.05) is 154 Å². The third kappa shape index (κ3) is 35.9. The smallest absolute Gasteiger partial charge is 0.333 e. The summed E-state index contributed by atoms with van der Waals surface area (Å²) >= 11 is 0. The number of rotatable bonds is 55. The SMILES string of the molecule is C=C(C(=O)NCCOCCCC(CCCO)(CCCO)CCCOCCN=CCCN1C(=O)C=CC1=O)N1C(=O)C=CC1=O.O.O.O=C(CCCC(=O)ON1C(=O)CCC1=O)NCCOCCCC(CCCO)(CCCO)CCCOCCN=CCCCC(=O)ON1C(=O)CCC1=O. The molecular formula is C66H106N8O24. The van der Waals surface area contributed by atoms with E-state index in [1.54, 1.807) is 12.4 Å². The molecule has 0 aromatic heterocycles. The van der Waals surface area contributed by atoms with Gasteiger partial charge < -0.3 is 70.6 Å². The van der Waals surface area contributed by atoms with E-state index in [1.165, 1.54) is 17.1 Å². The number of hydrogen-bond acceptors (Lipinski definition) is 24. The number of hydrogen-bond donors (Lipinski definition) is 6. The van der Waals surface area contributed by atoms with Crippen molar-refractivity contribution in [2.45, 2.75) is 173 Å². The molecule has 0 unspecified atom stereocenters. The van der Waals surface area contributed by atoms with Crippen LogP contribution < -0.4 is 10.6 Å². The van der Waals surface area contributed by atoms with Crippen LogP contribution in [0.3, 0.4) is 0 Å². The van der Waals surface area contributed by atoms with Gasteiger partial charge in [0.2, 0.25) is 5.91 Å². The van der Waals surface area contributed by atoms with Crippen molar-refractivity contribution < 1.29 is 118 Å². The van der Waals surface area contributed by atoms with Crippen LogP contribution in [0.15, 0.2) is 46.6 Å². The number of hydroxylamine groups is 4. The van der Waals surface area contributed by atoms with E-state index in [2.05, 4.69) is 27.2 Å². The first-order chi connectivity index (χ1) is 46.3. The number of aliphatic hydroxyl groups excluding tert-OH is 4. The molecule has 10 N–H and O–H groups in total. The lowest BCUT2D eigenvalue weighted by Gasteiger charge is -2.34. The zero-order valence-corrected chi connectivity index (χ0v) is 56.6. The second-order valence-corrected chi connectivity index (χ2v) is 23.5. The molecule has 0 radical (unpaired) electrons. The van der Waals surface area contributed by atoms with E-state index in [0.29, 0.717) is 127 Å². The van der Waals surface area contributed by atoms with E-state index in [-0.39, 0.29) is 136 Å². The molecule has 0 aliphatic carbocycles. The van der Waals surface area contributed by atoms with Crippen molar-refractivity contribution >= 4 is 83.4 Å². The van der Waals surface area contributed by atoms with Gasteiger partial charge in [0.05, 0.1) is 39.5 Å². The molecule has 32 nitrogen and oxygen atoms in total. The maximum absolute atomic E-state index is 12.2. The first kappa shape index (κ1) is 88.6. The monoisotopic (exact) mass is 1390 g/mol. The largest absolute Gasteiger partial charge is 0.412 e. The molecule has 0 aromatic rings. The van der Waals surface area contributed by atoms with Crippen molar-refractivity contribution in [1.29, 1.82) is 0 Å². The summed E-state index contributed by atoms with van der Waals surface area (Å²) in [6, 6.07) is 0. The van der Waals surface area contributed by atoms with Crippen LogP contribution in [0.2, 0.25) is 0 Å². The number of aliphatic imine (C=N–C) groups is 2. The van der Waals surface area contributed by atoms with E-state index in [0.717, 1.165) is 94.1 Å². The summed E-state index contributed by atoms with van der Waals surface area (Å²) in [6.45, 7) is 9.19. The lowest BCUT2D eigenvalue weighted by molar-refractivity contribution is -0.197. The highest BCUT2D eigenvalue weighted by Gasteiger charge is 2.35. The van der Waals surface area contributed by atoms with Crippen LogP contribution in [0.5, 0.6) is 0 Å². The van der Waals surface area contributed by atoms with E-state index < -0.39 is 53.3 Å². The van der Waals surface area contributed by atoms with Crippen LogP contribution >= 0.6 is 0 Å². The number of amides is 10. The van der Waals surface area contributed by atoms with Crippen LogP contribution in [0.1, 0.15) is 173 Å². The zero-order chi connectivity index (χ0) is 70.2. The third-order valence-corrected chi connectivity index (χ3v) is 16.2. The Morgan fingerprint density at radius 3 is 1.22 bits per heavy atom. The van der Waals surface area contributed by atoms with Gasteiger partial charge >= 0.3 is 11.9 Å². The molecule has 4 rings (SSSR count). The molecule has 0 atom stereocenters. The normalized spacial score (nSPS) is 14.7. The van der Waals surface area contributed by atoms with Gasteiger partial charge in [-0.25, -0.2) is 14.5 Å². The zero-order valence-electron chi connectivity index (χ0n) is 56.6. The average molecular weight is 1400 g/mol. The van der Waals surface area contributed by atoms with Gasteiger partial charge in [0.25, 0.3) is 53.2 Å². The Morgan fingerprint density at radius 1 is 0.459 bits per heavy atom. The van der Waals surface area contributed by atoms with Crippen molar-refractivity contribution in [3.05, 3.63) is 36.6 Å². The van der Waals surface area contributed by atoms with Crippen molar-refractivity contribution in [2.75, 3.05) is 112 Å². The summed E-state index contributed by atoms with van der Waals surface area (Å²) in [5.41, 5.74) is -0.371. The molecule has 0 bridgehead atoms. The van der Waals surface area contributed by atoms with Crippen LogP contribution in [0.25, 0.3) is 0 Å². The third-order valence-electron chi connectivity index (χ3n) is 16.2. The van der Waals surface area contributed by atoms with Crippen molar-refractivity contribution in [2.24, 2.45) is 20.8 Å². The van der Waals surface area contributed by atoms with Crippen LogP contribution in [-0.4, -0.2) is 247 Å². The number of nitrogens with one attached hydrogen (secondary N) is 2. The molecule has 2 fully saturated rings.